The molecule has 11 atom stereocenters. The van der Waals surface area contributed by atoms with Crippen LogP contribution in [0.3, 0.4) is 0 Å². The molecule has 0 aliphatic heterocycles. The van der Waals surface area contributed by atoms with E-state index in [1.54, 1.807) is 20.1 Å². The molecule has 44 heteroatoms. The number of unbranched alkanes of at least 4 members (excludes halogenated alkanes) is 1. The maximum Gasteiger partial charge on any atom is 0.490 e. The minimum Gasteiger partial charge on any atom is -0.508 e. The summed E-state index contributed by atoms with van der Waals surface area (Å²) in [4.78, 5) is 208. The number of guanidine groups is 2. The van der Waals surface area contributed by atoms with Gasteiger partial charge in [0.25, 0.3) is 0 Å². The van der Waals surface area contributed by atoms with Crippen LogP contribution in [0.25, 0.3) is 0 Å². The summed E-state index contributed by atoms with van der Waals surface area (Å²) in [7, 11) is 0. The van der Waals surface area contributed by atoms with Gasteiger partial charge in [-0.2, -0.15) is 24.9 Å². The van der Waals surface area contributed by atoms with Gasteiger partial charge in [0.1, 0.15) is 71.9 Å². The average molecular weight is 1600 g/mol. The average Bonchev–Trinajstić information content (AvgIpc) is 0.840. The summed E-state index contributed by atoms with van der Waals surface area (Å²) in [5, 5.41) is 71.6. The molecule has 0 heterocycles. The number of rotatable bonds is 50. The van der Waals surface area contributed by atoms with Gasteiger partial charge in [-0.1, -0.05) is 52.0 Å². The molecule has 0 fully saturated rings. The predicted molar refractivity (Wildman–Crippen MR) is 397 cm³/mol. The Bertz CT molecular complexity index is 3520. The number of carboxylic acid groups (broad SMARTS) is 3. The second kappa shape index (κ2) is 50.4. The first kappa shape index (κ1) is 97.7. The van der Waals surface area contributed by atoms with Gasteiger partial charge in [0, 0.05) is 32.4 Å². The summed E-state index contributed by atoms with van der Waals surface area (Å²) in [6, 6.07) is -6.38. The van der Waals surface area contributed by atoms with Gasteiger partial charge < -0.3 is 125 Å². The number of aliphatic carboxylic acids is 3. The molecule has 0 saturated heterocycles. The van der Waals surface area contributed by atoms with E-state index < -0.39 is 193 Å². The Hall–Kier alpha value is -11.3. The fourth-order valence-corrected chi connectivity index (χ4v) is 10.6. The molecule has 0 aliphatic rings. The second-order valence-electron chi connectivity index (χ2n) is 26.1. The molecule has 0 aromatic heterocycles. The highest BCUT2D eigenvalue weighted by molar-refractivity contribution is 7.98. The third-order valence-corrected chi connectivity index (χ3v) is 16.5. The number of carbonyl (C=O) groups is 15. The smallest absolute Gasteiger partial charge is 0.490 e. The van der Waals surface area contributed by atoms with Crippen LogP contribution in [-0.4, -0.2) is 231 Å². The van der Waals surface area contributed by atoms with Gasteiger partial charge in [-0.05, 0) is 130 Å². The SMILES string of the molecule is CSCC[C@H](NC(=O)[C@H](CCCCN)NC(=O)[C@H](CCCN=C(N)N)NC(=O)[C@H](CCCN=C(N)N)NC(=O)[C@H](CC(N)=O)NC(=O)[C@@H](NC(=O)[C@H](Cc1ccc(O)cc1)NC(=O)[C@H](CC(=O)O)NC(=O)[C@@H](N)CC(C)C)C(C)C)C(=O)N[C@@H](Cc1ccc(O)cc1)C(=O)N[C@@H](CCC(N)=O)C(=O)O.O=C(O)C(F)(F)F. The molecule has 2 rings (SSSR count). The Morgan fingerprint density at radius 3 is 1.15 bits per heavy atom. The Labute approximate surface area is 641 Å². The van der Waals surface area contributed by atoms with Crippen LogP contribution in [0.15, 0.2) is 58.5 Å². The number of hydrogen-bond donors (Lipinski definition) is 23. The first-order chi connectivity index (χ1) is 51.9. The van der Waals surface area contributed by atoms with Crippen LogP contribution in [0.4, 0.5) is 13.2 Å². The number of aromatic hydroxyl groups is 2. The van der Waals surface area contributed by atoms with Crippen LogP contribution in [0.5, 0.6) is 11.5 Å². The molecule has 620 valence electrons. The second-order valence-corrected chi connectivity index (χ2v) is 27.1. The Balaban J connectivity index is 0.00000836. The topological polar surface area (TPSA) is 710 Å². The van der Waals surface area contributed by atoms with Gasteiger partial charge in [-0.25, -0.2) is 9.59 Å². The van der Waals surface area contributed by atoms with Crippen molar-refractivity contribution in [1.29, 1.82) is 0 Å². The molecular weight excluding hydrogens is 1490 g/mol. The zero-order chi connectivity index (χ0) is 84.4. The number of alkyl halides is 3. The highest BCUT2D eigenvalue weighted by atomic mass is 32.2. The van der Waals surface area contributed by atoms with Gasteiger partial charge >= 0.3 is 24.1 Å². The van der Waals surface area contributed by atoms with Crippen molar-refractivity contribution < 1.29 is 111 Å². The normalized spacial score (nSPS) is 14.0. The number of nitrogens with two attached hydrogens (primary N) is 8. The van der Waals surface area contributed by atoms with Gasteiger partial charge in [0.2, 0.25) is 70.9 Å². The van der Waals surface area contributed by atoms with Crippen molar-refractivity contribution in [2.24, 2.45) is 67.7 Å². The molecule has 0 saturated carbocycles. The number of nitrogens with zero attached hydrogens (tertiary/aromatic N) is 2. The Morgan fingerprint density at radius 2 is 0.802 bits per heavy atom. The number of phenols is 2. The minimum atomic E-state index is -5.08. The highest BCUT2D eigenvalue weighted by Crippen LogP contribution is 2.18. The monoisotopic (exact) mass is 1600 g/mol. The van der Waals surface area contributed by atoms with Crippen LogP contribution in [0.2, 0.25) is 0 Å². The molecule has 2 aromatic rings. The first-order valence-electron chi connectivity index (χ1n) is 34.9. The van der Waals surface area contributed by atoms with Crippen molar-refractivity contribution in [3.8, 4) is 11.5 Å². The lowest BCUT2D eigenvalue weighted by molar-refractivity contribution is -0.192. The quantitative estimate of drug-likeness (QED) is 0.0168. The maximum absolute atomic E-state index is 14.7. The number of thioether (sulfide) groups is 1. The molecule has 0 unspecified atom stereocenters. The van der Waals surface area contributed by atoms with Crippen molar-refractivity contribution in [2.75, 3.05) is 31.6 Å². The number of primary amides is 2. The molecule has 40 nitrogen and oxygen atoms in total. The molecule has 2 aromatic carbocycles. The van der Waals surface area contributed by atoms with Gasteiger partial charge in [0.05, 0.1) is 18.9 Å². The summed E-state index contributed by atoms with van der Waals surface area (Å²) in [6.07, 6.45) is -6.66. The number of benzene rings is 2. The number of hydrogen-bond acceptors (Lipinski definition) is 22. The lowest BCUT2D eigenvalue weighted by Gasteiger charge is -2.29. The Kier molecular flexibility index (Phi) is 44.4. The Morgan fingerprint density at radius 1 is 0.450 bits per heavy atom. The molecular formula is C67H105F3N20O20S. The zero-order valence-corrected chi connectivity index (χ0v) is 62.8. The summed E-state index contributed by atoms with van der Waals surface area (Å²) < 4.78 is 31.7. The maximum atomic E-state index is 14.7. The van der Waals surface area contributed by atoms with Gasteiger partial charge in [0.15, 0.2) is 11.9 Å². The van der Waals surface area contributed by atoms with Crippen molar-refractivity contribution in [3.63, 3.8) is 0 Å². The van der Waals surface area contributed by atoms with Crippen LogP contribution < -0.4 is 99.0 Å². The number of halogens is 3. The van der Waals surface area contributed by atoms with E-state index in [4.69, 9.17) is 55.8 Å². The predicted octanol–water partition coefficient (Wildman–Crippen LogP) is -4.92. The van der Waals surface area contributed by atoms with Crippen molar-refractivity contribution in [3.05, 3.63) is 59.7 Å². The van der Waals surface area contributed by atoms with Crippen molar-refractivity contribution in [2.45, 2.75) is 197 Å². The number of carbonyl (C=O) groups excluding carboxylic acids is 12. The van der Waals surface area contributed by atoms with E-state index in [1.165, 1.54) is 74.1 Å². The van der Waals surface area contributed by atoms with Gasteiger partial charge in [-0.15, -0.1) is 0 Å². The molecule has 111 heavy (non-hydrogen) atoms. The third kappa shape index (κ3) is 40.6. The number of amides is 12. The molecule has 0 spiro atoms. The largest absolute Gasteiger partial charge is 0.508 e. The van der Waals surface area contributed by atoms with E-state index >= 15 is 0 Å². The number of nitrogens with one attached hydrogen (secondary N) is 10. The summed E-state index contributed by atoms with van der Waals surface area (Å²) in [6.45, 7) is 6.48. The van der Waals surface area contributed by atoms with Gasteiger partial charge in [-0.3, -0.25) is 72.3 Å². The summed E-state index contributed by atoms with van der Waals surface area (Å²) in [5.41, 5.74) is 45.7. The summed E-state index contributed by atoms with van der Waals surface area (Å²) >= 11 is 1.29. The van der Waals surface area contributed by atoms with Crippen LogP contribution in [-0.2, 0) is 84.8 Å². The highest BCUT2D eigenvalue weighted by Gasteiger charge is 2.40. The first-order valence-corrected chi connectivity index (χ1v) is 36.2. The number of aliphatic imine (C=N–C) groups is 2. The number of phenolic OH excluding ortho intramolecular Hbond substituents is 2. The van der Waals surface area contributed by atoms with Crippen LogP contribution >= 0.6 is 11.8 Å². The lowest BCUT2D eigenvalue weighted by atomic mass is 9.99. The molecule has 31 N–H and O–H groups in total. The van der Waals surface area contributed by atoms with Crippen LogP contribution in [0.1, 0.15) is 122 Å². The minimum absolute atomic E-state index is 0.00259. The molecule has 0 bridgehead atoms. The number of carboxylic acids is 3. The summed E-state index contributed by atoms with van der Waals surface area (Å²) in [5.74, 6) is -19.6. The molecule has 12 amide bonds. The van der Waals surface area contributed by atoms with E-state index in [0.717, 1.165) is 0 Å². The van der Waals surface area contributed by atoms with Crippen LogP contribution in [0, 0.1) is 11.8 Å². The molecule has 0 radical (unpaired) electrons. The third-order valence-electron chi connectivity index (χ3n) is 15.9. The lowest BCUT2D eigenvalue weighted by Crippen LogP contribution is -2.61. The standard InChI is InChI=1S/C65H104N20O18S.C2HF3O2/c1-33(2)28-39(67)53(92)81-48(32-51(90)91)60(99)83-46(30-36-15-19-38(87)20-16-36)61(100)85-52(34(3)4)62(101)84-47(31-50(69)89)59(98)78-42(12-9-26-75-65(72)73)56(95)77-41(11-8-25-74-64(70)71)55(94)76-40(10-6-7-24-66)54(93)79-43(23-27-104-5)57(96)82-45(29-35-13-17-37(86)18-14-35)58(97)80-44(63(102)103)21-22-49(68)88;3-2(4,5)1(6)7/h13-20,33-34,39-48,52,86-87H,6-12,21-32,66-67H2,1-5H3,(H2,68,88)(H2,69,89)(H,76,94)(H,77,95)(H,78,98)(H,79,93)(H,80,97)(H,81,92)(H,82,96)(H,83,99)(H,84,101)(H,85,100)(H,90,91)(H,102,103)(H4,70,71,74)(H4,72,73,75);(H,6,7)/t39-,40-,41-,42-,43-,44-,45-,46-,47-,48-,52-;/m0./s1. The van der Waals surface area contributed by atoms with Crippen molar-refractivity contribution >= 4 is 112 Å². The van der Waals surface area contributed by atoms with E-state index in [2.05, 4.69) is 63.2 Å². The van der Waals surface area contributed by atoms with E-state index in [-0.39, 0.29) is 119 Å². The molecule has 0 aliphatic carbocycles. The van der Waals surface area contributed by atoms with Crippen molar-refractivity contribution in [1.82, 2.24) is 53.2 Å². The fourth-order valence-electron chi connectivity index (χ4n) is 10.2. The van der Waals surface area contributed by atoms with E-state index in [0.29, 0.717) is 17.5 Å². The van der Waals surface area contributed by atoms with E-state index in [9.17, 15) is 101 Å². The van der Waals surface area contributed by atoms with E-state index in [1.807, 2.05) is 0 Å². The zero-order valence-electron chi connectivity index (χ0n) is 62.0. The fraction of sp³-hybridized carbons (Fsp3) is 0.567.